The van der Waals surface area contributed by atoms with Crippen molar-refractivity contribution in [2.75, 3.05) is 0 Å². The maximum atomic E-state index is 5.82. The second kappa shape index (κ2) is 6.75. The molecule has 2 heterocycles. The predicted octanol–water partition coefficient (Wildman–Crippen LogP) is 3.70. The van der Waals surface area contributed by atoms with E-state index in [4.69, 9.17) is 8.83 Å². The monoisotopic (exact) mass is 312 g/mol. The molecule has 1 N–H and O–H groups in total. The van der Waals surface area contributed by atoms with Crippen molar-refractivity contribution >= 4 is 0 Å². The van der Waals surface area contributed by atoms with E-state index in [1.54, 1.807) is 6.20 Å². The van der Waals surface area contributed by atoms with Crippen molar-refractivity contribution in [3.05, 3.63) is 54.2 Å². The Morgan fingerprint density at radius 1 is 1.00 bits per heavy atom. The van der Waals surface area contributed by atoms with Gasteiger partial charge in [-0.1, -0.05) is 44.2 Å². The Kier molecular flexibility index (Phi) is 4.52. The summed E-state index contributed by atoms with van der Waals surface area (Å²) in [7, 11) is 0. The molecule has 1 atom stereocenters. The first-order valence-corrected chi connectivity index (χ1v) is 7.70. The first kappa shape index (κ1) is 15.4. The Hall–Kier alpha value is -2.47. The summed E-state index contributed by atoms with van der Waals surface area (Å²) in [6, 6.07) is 9.85. The second-order valence-electron chi connectivity index (χ2n) is 5.72. The third kappa shape index (κ3) is 3.65. The molecule has 0 saturated carbocycles. The summed E-state index contributed by atoms with van der Waals surface area (Å²) in [5.41, 5.74) is 1.01. The molecular weight excluding hydrogens is 292 g/mol. The summed E-state index contributed by atoms with van der Waals surface area (Å²) in [5.74, 6) is 2.84. The van der Waals surface area contributed by atoms with Gasteiger partial charge in [-0.3, -0.25) is 5.32 Å². The van der Waals surface area contributed by atoms with E-state index in [2.05, 4.69) is 20.5 Å². The van der Waals surface area contributed by atoms with Crippen LogP contribution in [0.3, 0.4) is 0 Å². The molecule has 0 aliphatic heterocycles. The van der Waals surface area contributed by atoms with Crippen LogP contribution in [0.4, 0.5) is 0 Å². The molecule has 1 unspecified atom stereocenters. The van der Waals surface area contributed by atoms with Crippen molar-refractivity contribution < 1.29 is 8.83 Å². The van der Waals surface area contributed by atoms with Crippen LogP contribution in [-0.2, 0) is 6.54 Å². The lowest BCUT2D eigenvalue weighted by molar-refractivity contribution is 0.380. The standard InChI is InChI=1S/C17H20N4O2/c1-11(2)16-21-20-15(23-16)10-18-12(3)17-19-9-14(22-17)13-7-5-4-6-8-13/h4-9,11-12,18H,10H2,1-3H3. The Labute approximate surface area is 135 Å². The molecule has 0 spiro atoms. The normalized spacial score (nSPS) is 12.7. The van der Waals surface area contributed by atoms with Crippen molar-refractivity contribution in [3.8, 4) is 11.3 Å². The molecule has 0 amide bonds. The number of nitrogens with zero attached hydrogens (tertiary/aromatic N) is 3. The van der Waals surface area contributed by atoms with Gasteiger partial charge in [-0.2, -0.15) is 0 Å². The maximum absolute atomic E-state index is 5.82. The van der Waals surface area contributed by atoms with Crippen LogP contribution in [0, 0.1) is 0 Å². The van der Waals surface area contributed by atoms with Crippen molar-refractivity contribution in [1.82, 2.24) is 20.5 Å². The quantitative estimate of drug-likeness (QED) is 0.748. The summed E-state index contributed by atoms with van der Waals surface area (Å²) in [5, 5.41) is 11.3. The van der Waals surface area contributed by atoms with Crippen LogP contribution in [-0.4, -0.2) is 15.2 Å². The van der Waals surface area contributed by atoms with Gasteiger partial charge in [0.15, 0.2) is 5.76 Å². The van der Waals surface area contributed by atoms with Crippen LogP contribution in [0.5, 0.6) is 0 Å². The summed E-state index contributed by atoms with van der Waals surface area (Å²) in [6.07, 6.45) is 1.74. The number of benzene rings is 1. The summed E-state index contributed by atoms with van der Waals surface area (Å²) < 4.78 is 11.4. The van der Waals surface area contributed by atoms with E-state index in [0.717, 1.165) is 11.3 Å². The SMILES string of the molecule is CC(C)c1nnc(CNC(C)c2ncc(-c3ccccc3)o2)o1. The molecule has 120 valence electrons. The molecule has 0 saturated heterocycles. The molecule has 1 aromatic carbocycles. The molecule has 23 heavy (non-hydrogen) atoms. The van der Waals surface area contributed by atoms with Gasteiger partial charge in [0.1, 0.15) is 0 Å². The summed E-state index contributed by atoms with van der Waals surface area (Å²) >= 11 is 0. The van der Waals surface area contributed by atoms with Crippen molar-refractivity contribution in [1.29, 1.82) is 0 Å². The Morgan fingerprint density at radius 3 is 2.48 bits per heavy atom. The van der Waals surface area contributed by atoms with Crippen LogP contribution in [0.15, 0.2) is 45.4 Å². The van der Waals surface area contributed by atoms with E-state index in [-0.39, 0.29) is 12.0 Å². The van der Waals surface area contributed by atoms with Crippen molar-refractivity contribution in [2.24, 2.45) is 0 Å². The third-order valence-corrected chi connectivity index (χ3v) is 3.49. The average molecular weight is 312 g/mol. The molecule has 2 aromatic heterocycles. The highest BCUT2D eigenvalue weighted by Crippen LogP contribution is 2.22. The fraction of sp³-hybridized carbons (Fsp3) is 0.353. The zero-order chi connectivity index (χ0) is 16.2. The molecule has 3 aromatic rings. The number of nitrogens with one attached hydrogen (secondary N) is 1. The van der Waals surface area contributed by atoms with E-state index in [0.29, 0.717) is 24.2 Å². The van der Waals surface area contributed by atoms with Gasteiger partial charge >= 0.3 is 0 Å². The van der Waals surface area contributed by atoms with E-state index >= 15 is 0 Å². The number of hydrogen-bond acceptors (Lipinski definition) is 6. The number of oxazole rings is 1. The lowest BCUT2D eigenvalue weighted by Crippen LogP contribution is -2.18. The average Bonchev–Trinajstić information content (AvgIpc) is 3.23. The van der Waals surface area contributed by atoms with Gasteiger partial charge in [0.05, 0.1) is 18.8 Å². The Balaban J connectivity index is 1.62. The van der Waals surface area contributed by atoms with E-state index in [1.807, 2.05) is 51.1 Å². The number of rotatable bonds is 6. The molecule has 0 bridgehead atoms. The largest absolute Gasteiger partial charge is 0.439 e. The zero-order valence-corrected chi connectivity index (χ0v) is 13.5. The molecule has 0 aliphatic carbocycles. The Morgan fingerprint density at radius 2 is 1.78 bits per heavy atom. The fourth-order valence-corrected chi connectivity index (χ4v) is 2.12. The predicted molar refractivity (Wildman–Crippen MR) is 85.6 cm³/mol. The van der Waals surface area contributed by atoms with Gasteiger partial charge in [-0.25, -0.2) is 4.98 Å². The van der Waals surface area contributed by atoms with Gasteiger partial charge in [-0.15, -0.1) is 10.2 Å². The minimum Gasteiger partial charge on any atom is -0.439 e. The molecular formula is C17H20N4O2. The van der Waals surface area contributed by atoms with Crippen LogP contribution in [0.1, 0.15) is 50.4 Å². The van der Waals surface area contributed by atoms with Gasteiger partial charge < -0.3 is 8.83 Å². The lowest BCUT2D eigenvalue weighted by atomic mass is 10.2. The highest BCUT2D eigenvalue weighted by Gasteiger charge is 2.15. The van der Waals surface area contributed by atoms with Crippen LogP contribution >= 0.6 is 0 Å². The van der Waals surface area contributed by atoms with Gasteiger partial charge in [0, 0.05) is 11.5 Å². The highest BCUT2D eigenvalue weighted by atomic mass is 16.4. The maximum Gasteiger partial charge on any atom is 0.230 e. The lowest BCUT2D eigenvalue weighted by Gasteiger charge is -2.07. The third-order valence-electron chi connectivity index (χ3n) is 3.49. The van der Waals surface area contributed by atoms with Gasteiger partial charge in [0.25, 0.3) is 0 Å². The van der Waals surface area contributed by atoms with Crippen LogP contribution < -0.4 is 5.32 Å². The molecule has 6 nitrogen and oxygen atoms in total. The van der Waals surface area contributed by atoms with E-state index in [1.165, 1.54) is 0 Å². The van der Waals surface area contributed by atoms with Crippen molar-refractivity contribution in [2.45, 2.75) is 39.3 Å². The smallest absolute Gasteiger partial charge is 0.230 e. The van der Waals surface area contributed by atoms with E-state index < -0.39 is 0 Å². The molecule has 3 rings (SSSR count). The van der Waals surface area contributed by atoms with Gasteiger partial charge in [-0.05, 0) is 6.92 Å². The van der Waals surface area contributed by atoms with E-state index in [9.17, 15) is 0 Å². The molecule has 0 aliphatic rings. The minimum atomic E-state index is -0.0538. The summed E-state index contributed by atoms with van der Waals surface area (Å²) in [4.78, 5) is 4.34. The molecule has 6 heteroatoms. The first-order chi connectivity index (χ1) is 11.1. The van der Waals surface area contributed by atoms with Crippen molar-refractivity contribution in [3.63, 3.8) is 0 Å². The number of hydrogen-bond donors (Lipinski definition) is 1. The Bertz CT molecular complexity index is 749. The highest BCUT2D eigenvalue weighted by molar-refractivity contribution is 5.55. The van der Waals surface area contributed by atoms with Gasteiger partial charge in [0.2, 0.25) is 17.7 Å². The van der Waals surface area contributed by atoms with Crippen LogP contribution in [0.25, 0.3) is 11.3 Å². The number of aromatic nitrogens is 3. The minimum absolute atomic E-state index is 0.0538. The second-order valence-corrected chi connectivity index (χ2v) is 5.72. The topological polar surface area (TPSA) is 77.0 Å². The molecule has 0 fully saturated rings. The fourth-order valence-electron chi connectivity index (χ4n) is 2.12. The summed E-state index contributed by atoms with van der Waals surface area (Å²) in [6.45, 7) is 6.50. The van der Waals surface area contributed by atoms with Crippen LogP contribution in [0.2, 0.25) is 0 Å². The molecule has 0 radical (unpaired) electrons. The zero-order valence-electron chi connectivity index (χ0n) is 13.5. The first-order valence-electron chi connectivity index (χ1n) is 7.70.